The van der Waals surface area contributed by atoms with Crippen molar-refractivity contribution in [2.45, 2.75) is 39.7 Å². The summed E-state index contributed by atoms with van der Waals surface area (Å²) in [5, 5.41) is 0. The van der Waals surface area contributed by atoms with Gasteiger partial charge in [-0.05, 0) is 27.2 Å². The molecule has 0 aliphatic rings. The molecule has 1 unspecified atom stereocenters. The molecule has 0 heterocycles. The molecular weight excluding hydrogens is 236 g/mol. The molecule has 15 heavy (non-hydrogen) atoms. The SMILES string of the molecule is CCO[Si](OCC)(OCC)OC(Cl)CC. The van der Waals surface area contributed by atoms with Crippen molar-refractivity contribution >= 4 is 20.6 Å². The van der Waals surface area contributed by atoms with E-state index in [0.29, 0.717) is 26.2 Å². The predicted molar refractivity (Wildman–Crippen MR) is 61.6 cm³/mol. The number of hydrogen-bond donors (Lipinski definition) is 0. The van der Waals surface area contributed by atoms with Crippen LogP contribution in [0.5, 0.6) is 0 Å². The van der Waals surface area contributed by atoms with Crippen LogP contribution in [-0.4, -0.2) is 34.4 Å². The third-order valence-electron chi connectivity index (χ3n) is 1.56. The lowest BCUT2D eigenvalue weighted by Gasteiger charge is -2.28. The first-order chi connectivity index (χ1) is 7.14. The summed E-state index contributed by atoms with van der Waals surface area (Å²) in [5.41, 5.74) is -0.429. The molecule has 0 fully saturated rings. The fourth-order valence-corrected chi connectivity index (χ4v) is 3.32. The normalized spacial score (nSPS) is 14.2. The molecular formula is C9H21ClO4Si. The number of halogens is 1. The van der Waals surface area contributed by atoms with Gasteiger partial charge in [-0.25, -0.2) is 0 Å². The molecule has 0 aliphatic carbocycles. The summed E-state index contributed by atoms with van der Waals surface area (Å²) in [5.74, 6) is 0. The summed E-state index contributed by atoms with van der Waals surface area (Å²) in [6.07, 6.45) is 0.684. The lowest BCUT2D eigenvalue weighted by Crippen LogP contribution is -2.50. The van der Waals surface area contributed by atoms with Crippen LogP contribution in [0.1, 0.15) is 34.1 Å². The number of hydrogen-bond acceptors (Lipinski definition) is 4. The Hall–Kier alpha value is 0.347. The summed E-state index contributed by atoms with van der Waals surface area (Å²) < 4.78 is 22.0. The quantitative estimate of drug-likeness (QED) is 0.469. The standard InChI is InChI=1S/C9H21ClO4Si/c1-5-9(10)14-15(11-6-2,12-7-3)13-8-4/h9H,5-8H2,1-4H3. The van der Waals surface area contributed by atoms with Gasteiger partial charge in [0.25, 0.3) is 0 Å². The first-order valence-electron chi connectivity index (χ1n) is 5.37. The summed E-state index contributed by atoms with van der Waals surface area (Å²) in [4.78, 5) is 0. The van der Waals surface area contributed by atoms with Crippen LogP contribution in [0.15, 0.2) is 0 Å². The maximum atomic E-state index is 5.93. The molecule has 0 bridgehead atoms. The van der Waals surface area contributed by atoms with E-state index in [9.17, 15) is 0 Å². The highest BCUT2D eigenvalue weighted by Crippen LogP contribution is 2.18. The summed E-state index contributed by atoms with van der Waals surface area (Å²) in [7, 11) is -3.01. The van der Waals surface area contributed by atoms with E-state index in [1.165, 1.54) is 0 Å². The molecule has 6 heteroatoms. The van der Waals surface area contributed by atoms with Crippen LogP contribution in [0.2, 0.25) is 0 Å². The topological polar surface area (TPSA) is 36.9 Å². The van der Waals surface area contributed by atoms with Crippen molar-refractivity contribution in [3.8, 4) is 0 Å². The molecule has 0 aliphatic heterocycles. The van der Waals surface area contributed by atoms with Crippen molar-refractivity contribution in [2.75, 3.05) is 19.8 Å². The van der Waals surface area contributed by atoms with Crippen molar-refractivity contribution < 1.29 is 17.7 Å². The van der Waals surface area contributed by atoms with E-state index < -0.39 is 14.6 Å². The monoisotopic (exact) mass is 256 g/mol. The largest absolute Gasteiger partial charge is 0.680 e. The molecule has 1 atom stereocenters. The Balaban J connectivity index is 4.44. The van der Waals surface area contributed by atoms with Crippen molar-refractivity contribution in [1.29, 1.82) is 0 Å². The molecule has 0 aromatic rings. The second-order valence-electron chi connectivity index (χ2n) is 2.74. The summed E-state index contributed by atoms with van der Waals surface area (Å²) in [6, 6.07) is 0. The maximum Gasteiger partial charge on any atom is 0.680 e. The fraction of sp³-hybridized carbons (Fsp3) is 1.00. The van der Waals surface area contributed by atoms with Gasteiger partial charge < -0.3 is 17.7 Å². The molecule has 0 spiro atoms. The fourth-order valence-electron chi connectivity index (χ4n) is 0.997. The maximum absolute atomic E-state index is 5.93. The second kappa shape index (κ2) is 8.49. The van der Waals surface area contributed by atoms with Crippen molar-refractivity contribution in [3.05, 3.63) is 0 Å². The zero-order chi connectivity index (χ0) is 11.7. The lowest BCUT2D eigenvalue weighted by molar-refractivity contribution is -0.0350. The van der Waals surface area contributed by atoms with Gasteiger partial charge in [0.1, 0.15) is 5.56 Å². The number of rotatable bonds is 9. The third-order valence-corrected chi connectivity index (χ3v) is 4.60. The first-order valence-corrected chi connectivity index (χ1v) is 7.44. The van der Waals surface area contributed by atoms with Crippen LogP contribution < -0.4 is 0 Å². The smallest absolute Gasteiger partial charge is 0.351 e. The van der Waals surface area contributed by atoms with Gasteiger partial charge in [-0.1, -0.05) is 18.5 Å². The lowest BCUT2D eigenvalue weighted by atomic mass is 10.5. The minimum absolute atomic E-state index is 0.429. The highest BCUT2D eigenvalue weighted by molar-refractivity contribution is 6.54. The van der Waals surface area contributed by atoms with E-state index in [1.807, 2.05) is 27.7 Å². The van der Waals surface area contributed by atoms with Crippen LogP contribution in [-0.2, 0) is 17.7 Å². The Morgan fingerprint density at radius 1 is 0.933 bits per heavy atom. The molecule has 4 nitrogen and oxygen atoms in total. The van der Waals surface area contributed by atoms with Gasteiger partial charge in [0.2, 0.25) is 0 Å². The molecule has 0 aromatic carbocycles. The van der Waals surface area contributed by atoms with Gasteiger partial charge in [0.05, 0.1) is 0 Å². The molecule has 0 amide bonds. The first kappa shape index (κ1) is 15.3. The van der Waals surface area contributed by atoms with Crippen LogP contribution in [0.3, 0.4) is 0 Å². The van der Waals surface area contributed by atoms with Crippen molar-refractivity contribution in [1.82, 2.24) is 0 Å². The second-order valence-corrected chi connectivity index (χ2v) is 5.32. The molecule has 0 aromatic heterocycles. The zero-order valence-electron chi connectivity index (χ0n) is 9.92. The molecule has 0 saturated carbocycles. The van der Waals surface area contributed by atoms with Crippen molar-refractivity contribution in [3.63, 3.8) is 0 Å². The van der Waals surface area contributed by atoms with Crippen LogP contribution in [0.25, 0.3) is 0 Å². The number of alkyl halides is 1. The summed E-state index contributed by atoms with van der Waals surface area (Å²) >= 11 is 5.93. The van der Waals surface area contributed by atoms with Gasteiger partial charge in [-0.15, -0.1) is 0 Å². The average Bonchev–Trinajstić information content (AvgIpc) is 2.18. The van der Waals surface area contributed by atoms with E-state index in [0.717, 1.165) is 0 Å². The van der Waals surface area contributed by atoms with Gasteiger partial charge in [-0.2, -0.15) is 0 Å². The molecule has 0 radical (unpaired) electrons. The van der Waals surface area contributed by atoms with Crippen molar-refractivity contribution in [2.24, 2.45) is 0 Å². The molecule has 92 valence electrons. The Bertz CT molecular complexity index is 142. The van der Waals surface area contributed by atoms with Crippen LogP contribution in [0, 0.1) is 0 Å². The zero-order valence-corrected chi connectivity index (χ0v) is 11.7. The summed E-state index contributed by atoms with van der Waals surface area (Å²) in [6.45, 7) is 9.01. The van der Waals surface area contributed by atoms with Gasteiger partial charge in [0, 0.05) is 19.8 Å². The average molecular weight is 257 g/mol. The Labute approximate surface area is 98.3 Å². The molecule has 0 saturated heterocycles. The Morgan fingerprint density at radius 3 is 1.60 bits per heavy atom. The van der Waals surface area contributed by atoms with E-state index in [4.69, 9.17) is 29.3 Å². The highest BCUT2D eigenvalue weighted by Gasteiger charge is 2.46. The minimum Gasteiger partial charge on any atom is -0.351 e. The molecule has 0 rings (SSSR count). The minimum atomic E-state index is -3.01. The van der Waals surface area contributed by atoms with E-state index in [1.54, 1.807) is 0 Å². The van der Waals surface area contributed by atoms with E-state index >= 15 is 0 Å². The van der Waals surface area contributed by atoms with E-state index in [-0.39, 0.29) is 0 Å². The third kappa shape index (κ3) is 5.84. The van der Waals surface area contributed by atoms with Gasteiger partial charge in [-0.3, -0.25) is 0 Å². The highest BCUT2D eigenvalue weighted by atomic mass is 35.5. The van der Waals surface area contributed by atoms with Crippen LogP contribution >= 0.6 is 11.6 Å². The Morgan fingerprint density at radius 2 is 1.33 bits per heavy atom. The molecule has 0 N–H and O–H groups in total. The van der Waals surface area contributed by atoms with Crippen LogP contribution in [0.4, 0.5) is 0 Å². The van der Waals surface area contributed by atoms with Gasteiger partial charge >= 0.3 is 9.05 Å². The van der Waals surface area contributed by atoms with Gasteiger partial charge in [0.15, 0.2) is 0 Å². The van der Waals surface area contributed by atoms with E-state index in [2.05, 4.69) is 0 Å². The predicted octanol–water partition coefficient (Wildman–Crippen LogP) is 2.52. The Kier molecular flexibility index (Phi) is 8.69.